The van der Waals surface area contributed by atoms with Crippen molar-refractivity contribution >= 4 is 40.0 Å². The van der Waals surface area contributed by atoms with Crippen LogP contribution >= 0.6 is 12.2 Å². The van der Waals surface area contributed by atoms with E-state index in [1.165, 1.54) is 0 Å². The number of ether oxygens (including phenoxy) is 2. The van der Waals surface area contributed by atoms with Gasteiger partial charge in [0, 0.05) is 16.8 Å². The molecule has 180 valence electrons. The number of oxazole rings is 1. The van der Waals surface area contributed by atoms with Gasteiger partial charge in [-0.25, -0.2) is 4.98 Å². The number of benzene rings is 3. The van der Waals surface area contributed by atoms with E-state index in [0.717, 1.165) is 11.3 Å². The van der Waals surface area contributed by atoms with E-state index in [1.807, 2.05) is 55.5 Å². The fourth-order valence-corrected chi connectivity index (χ4v) is 3.53. The highest BCUT2D eigenvalue weighted by Gasteiger charge is 2.12. The molecule has 0 aliphatic heterocycles. The van der Waals surface area contributed by atoms with Crippen LogP contribution in [-0.2, 0) is 0 Å². The molecule has 4 aromatic rings. The first-order chi connectivity index (χ1) is 16.9. The highest BCUT2D eigenvalue weighted by atomic mass is 32.1. The molecule has 0 spiro atoms. The van der Waals surface area contributed by atoms with Crippen molar-refractivity contribution in [2.24, 2.45) is 5.92 Å². The second-order valence-electron chi connectivity index (χ2n) is 8.30. The Bertz CT molecular complexity index is 1330. The lowest BCUT2D eigenvalue weighted by Crippen LogP contribution is -2.34. The summed E-state index contributed by atoms with van der Waals surface area (Å²) in [7, 11) is 0. The number of carbonyl (C=O) groups excluding carboxylic acids is 1. The number of anilines is 1. The van der Waals surface area contributed by atoms with Gasteiger partial charge in [0.15, 0.2) is 10.7 Å². The smallest absolute Gasteiger partial charge is 0.257 e. The van der Waals surface area contributed by atoms with Gasteiger partial charge in [-0.3, -0.25) is 10.1 Å². The van der Waals surface area contributed by atoms with E-state index in [4.69, 9.17) is 26.1 Å². The third-order valence-electron chi connectivity index (χ3n) is 4.96. The molecule has 8 heteroatoms. The molecule has 2 N–H and O–H groups in total. The number of nitrogens with one attached hydrogen (secondary N) is 2. The van der Waals surface area contributed by atoms with Crippen LogP contribution in [0.3, 0.4) is 0 Å². The first-order valence-corrected chi connectivity index (χ1v) is 11.8. The minimum Gasteiger partial charge on any atom is -0.494 e. The summed E-state index contributed by atoms with van der Waals surface area (Å²) in [6.45, 7) is 7.27. The van der Waals surface area contributed by atoms with E-state index in [0.29, 0.717) is 53.1 Å². The molecule has 0 bridgehead atoms. The summed E-state index contributed by atoms with van der Waals surface area (Å²) in [4.78, 5) is 17.2. The molecule has 0 saturated heterocycles. The number of thiocarbonyl (C=S) groups is 1. The minimum atomic E-state index is -0.321. The third kappa shape index (κ3) is 6.36. The number of amides is 1. The minimum absolute atomic E-state index is 0.179. The second kappa shape index (κ2) is 11.0. The predicted octanol–water partition coefficient (Wildman–Crippen LogP) is 6.06. The van der Waals surface area contributed by atoms with Gasteiger partial charge in [-0.2, -0.15) is 0 Å². The number of fused-ring (bicyclic) bond motifs is 1. The van der Waals surface area contributed by atoms with Gasteiger partial charge < -0.3 is 19.2 Å². The standard InChI is InChI=1S/C27H27N3O4S/c1-4-32-21-11-8-18(9-12-21)26-29-23-15-20(10-13-24(23)34-26)28-27(35)30-25(31)19-6-5-7-22(14-19)33-16-17(2)3/h5-15,17H,4,16H2,1-3H3,(H2,28,30,31,35). The van der Waals surface area contributed by atoms with Gasteiger partial charge in [-0.05, 0) is 85.7 Å². The van der Waals surface area contributed by atoms with Crippen molar-refractivity contribution in [3.05, 3.63) is 72.3 Å². The van der Waals surface area contributed by atoms with Gasteiger partial charge in [0.25, 0.3) is 5.91 Å². The zero-order chi connectivity index (χ0) is 24.8. The summed E-state index contributed by atoms with van der Waals surface area (Å²) in [6, 6.07) is 20.0. The van der Waals surface area contributed by atoms with E-state index < -0.39 is 0 Å². The van der Waals surface area contributed by atoms with E-state index in [1.54, 1.807) is 18.2 Å². The molecule has 1 aromatic heterocycles. The topological polar surface area (TPSA) is 85.6 Å². The Morgan fingerprint density at radius 2 is 1.83 bits per heavy atom. The number of carbonyl (C=O) groups is 1. The first kappa shape index (κ1) is 24.2. The molecule has 0 unspecified atom stereocenters. The molecule has 0 fully saturated rings. The number of hydrogen-bond acceptors (Lipinski definition) is 6. The second-order valence-corrected chi connectivity index (χ2v) is 8.71. The summed E-state index contributed by atoms with van der Waals surface area (Å²) in [5, 5.41) is 5.91. The van der Waals surface area contributed by atoms with Gasteiger partial charge in [-0.15, -0.1) is 0 Å². The molecule has 35 heavy (non-hydrogen) atoms. The van der Waals surface area contributed by atoms with Gasteiger partial charge in [0.05, 0.1) is 13.2 Å². The fraction of sp³-hybridized carbons (Fsp3) is 0.222. The summed E-state index contributed by atoms with van der Waals surface area (Å²) in [6.07, 6.45) is 0. The molecule has 0 aliphatic carbocycles. The molecule has 0 aliphatic rings. The van der Waals surface area contributed by atoms with Crippen LogP contribution in [0.4, 0.5) is 5.69 Å². The Hall–Kier alpha value is -3.91. The Morgan fingerprint density at radius 3 is 2.57 bits per heavy atom. The Balaban J connectivity index is 1.40. The Kier molecular flexibility index (Phi) is 7.62. The summed E-state index contributed by atoms with van der Waals surface area (Å²) < 4.78 is 17.1. The van der Waals surface area contributed by atoms with E-state index >= 15 is 0 Å². The maximum absolute atomic E-state index is 12.6. The van der Waals surface area contributed by atoms with Crippen molar-refractivity contribution in [3.63, 3.8) is 0 Å². The molecular formula is C27H27N3O4S. The van der Waals surface area contributed by atoms with Crippen molar-refractivity contribution < 1.29 is 18.7 Å². The van der Waals surface area contributed by atoms with Crippen LogP contribution in [0.1, 0.15) is 31.1 Å². The van der Waals surface area contributed by atoms with Crippen LogP contribution in [0.2, 0.25) is 0 Å². The monoisotopic (exact) mass is 489 g/mol. The molecule has 4 rings (SSSR count). The summed E-state index contributed by atoms with van der Waals surface area (Å²) >= 11 is 5.34. The van der Waals surface area contributed by atoms with Gasteiger partial charge in [-0.1, -0.05) is 19.9 Å². The lowest BCUT2D eigenvalue weighted by atomic mass is 10.2. The van der Waals surface area contributed by atoms with Crippen LogP contribution in [0.5, 0.6) is 11.5 Å². The molecule has 0 saturated carbocycles. The summed E-state index contributed by atoms with van der Waals surface area (Å²) in [5.41, 5.74) is 3.31. The maximum atomic E-state index is 12.6. The SMILES string of the molecule is CCOc1ccc(-c2nc3cc(NC(=S)NC(=O)c4cccc(OCC(C)C)c4)ccc3o2)cc1. The van der Waals surface area contributed by atoms with Gasteiger partial charge in [0.2, 0.25) is 5.89 Å². The van der Waals surface area contributed by atoms with E-state index in [2.05, 4.69) is 29.5 Å². The first-order valence-electron chi connectivity index (χ1n) is 11.4. The van der Waals surface area contributed by atoms with Gasteiger partial charge in [0.1, 0.15) is 17.0 Å². The highest BCUT2D eigenvalue weighted by Crippen LogP contribution is 2.27. The largest absolute Gasteiger partial charge is 0.494 e. The van der Waals surface area contributed by atoms with E-state index in [-0.39, 0.29) is 11.0 Å². The molecule has 0 atom stereocenters. The average Bonchev–Trinajstić information content (AvgIpc) is 3.27. The predicted molar refractivity (Wildman–Crippen MR) is 141 cm³/mol. The number of nitrogens with zero attached hydrogens (tertiary/aromatic N) is 1. The van der Waals surface area contributed by atoms with E-state index in [9.17, 15) is 4.79 Å². The van der Waals surface area contributed by atoms with Crippen molar-refractivity contribution in [2.45, 2.75) is 20.8 Å². The van der Waals surface area contributed by atoms with Crippen molar-refractivity contribution in [2.75, 3.05) is 18.5 Å². The Morgan fingerprint density at radius 1 is 1.03 bits per heavy atom. The zero-order valence-corrected chi connectivity index (χ0v) is 20.6. The summed E-state index contributed by atoms with van der Waals surface area (Å²) in [5.74, 6) is 2.02. The normalized spacial score (nSPS) is 10.9. The van der Waals surface area contributed by atoms with Crippen LogP contribution in [-0.4, -0.2) is 29.2 Å². The van der Waals surface area contributed by atoms with Crippen LogP contribution < -0.4 is 20.1 Å². The van der Waals surface area contributed by atoms with Crippen molar-refractivity contribution in [1.82, 2.24) is 10.3 Å². The number of rotatable bonds is 8. The quantitative estimate of drug-likeness (QED) is 0.291. The van der Waals surface area contributed by atoms with Crippen LogP contribution in [0.15, 0.2) is 71.1 Å². The van der Waals surface area contributed by atoms with Gasteiger partial charge >= 0.3 is 0 Å². The molecule has 0 radical (unpaired) electrons. The molecular weight excluding hydrogens is 462 g/mol. The molecule has 7 nitrogen and oxygen atoms in total. The van der Waals surface area contributed by atoms with Crippen LogP contribution in [0.25, 0.3) is 22.6 Å². The molecule has 1 heterocycles. The fourth-order valence-electron chi connectivity index (χ4n) is 3.32. The third-order valence-corrected chi connectivity index (χ3v) is 5.17. The maximum Gasteiger partial charge on any atom is 0.257 e. The zero-order valence-electron chi connectivity index (χ0n) is 19.8. The highest BCUT2D eigenvalue weighted by molar-refractivity contribution is 7.80. The molecule has 3 aromatic carbocycles. The van der Waals surface area contributed by atoms with Crippen LogP contribution in [0, 0.1) is 5.92 Å². The Labute approximate surface area is 209 Å². The van der Waals surface area contributed by atoms with Crippen molar-refractivity contribution in [1.29, 1.82) is 0 Å². The number of hydrogen-bond donors (Lipinski definition) is 2. The lowest BCUT2D eigenvalue weighted by molar-refractivity contribution is 0.0977. The number of aromatic nitrogens is 1. The van der Waals surface area contributed by atoms with Crippen molar-refractivity contribution in [3.8, 4) is 23.0 Å². The average molecular weight is 490 g/mol. The molecule has 1 amide bonds. The lowest BCUT2D eigenvalue weighted by Gasteiger charge is -2.11.